The summed E-state index contributed by atoms with van der Waals surface area (Å²) in [5.41, 5.74) is 23.4. The maximum atomic E-state index is 15.1. The highest BCUT2D eigenvalue weighted by atomic mass is 32.1. The highest BCUT2D eigenvalue weighted by Crippen LogP contribution is 2.23. The largest absolute Gasteiger partial charge is 0.481 e. The van der Waals surface area contributed by atoms with E-state index in [9.17, 15) is 87.2 Å². The number of rotatable bonds is 27. The van der Waals surface area contributed by atoms with Crippen LogP contribution in [-0.2, 0) is 97.7 Å². The maximum Gasteiger partial charge on any atom is 0.326 e. The molecular formula is C68H97N23O19S2. The Morgan fingerprint density at radius 3 is 1.88 bits per heavy atom. The Kier molecular flexibility index (Phi) is 35.2. The van der Waals surface area contributed by atoms with Crippen molar-refractivity contribution >= 4 is 137 Å². The fourth-order valence-corrected chi connectivity index (χ4v) is 12.7. The molecule has 0 aliphatic carbocycles. The fourth-order valence-electron chi connectivity index (χ4n) is 12.2. The number of amides is 15. The second-order valence-corrected chi connectivity index (χ2v) is 27.3. The summed E-state index contributed by atoms with van der Waals surface area (Å²) in [5.74, 6) is -18.3. The highest BCUT2D eigenvalue weighted by Gasteiger charge is 2.43. The first-order valence-electron chi connectivity index (χ1n) is 35.8. The summed E-state index contributed by atoms with van der Waals surface area (Å²) in [6.45, 7) is -0.120. The van der Waals surface area contributed by atoms with E-state index in [0.717, 1.165) is 11.8 Å². The summed E-state index contributed by atoms with van der Waals surface area (Å²) in [7, 11) is 0. The second kappa shape index (κ2) is 44.2. The number of aliphatic carboxylic acids is 2. The van der Waals surface area contributed by atoms with Crippen LogP contribution in [0.2, 0.25) is 0 Å². The molecule has 26 N–H and O–H groups in total. The number of fused-ring (bicyclic) bond motifs is 4. The Morgan fingerprint density at radius 1 is 0.670 bits per heavy atom. The third-order valence-electron chi connectivity index (χ3n) is 18.0. The van der Waals surface area contributed by atoms with Gasteiger partial charge >= 0.3 is 18.0 Å². The predicted octanol–water partition coefficient (Wildman–Crippen LogP) is -7.36. The van der Waals surface area contributed by atoms with Crippen molar-refractivity contribution in [3.8, 4) is 0 Å². The minimum atomic E-state index is -2.06. The van der Waals surface area contributed by atoms with Gasteiger partial charge in [-0.05, 0) is 81.9 Å². The molecule has 2 aromatic heterocycles. The van der Waals surface area contributed by atoms with Crippen LogP contribution in [0.25, 0.3) is 10.9 Å². The van der Waals surface area contributed by atoms with E-state index in [4.69, 9.17) is 28.3 Å². The Hall–Kier alpha value is -11.7. The molecule has 4 aromatic rings. The van der Waals surface area contributed by atoms with E-state index in [0.29, 0.717) is 22.0 Å². The number of urea groups is 1. The van der Waals surface area contributed by atoms with Gasteiger partial charge in [-0.25, -0.2) is 9.59 Å². The Labute approximate surface area is 651 Å². The second-order valence-electron chi connectivity index (χ2n) is 26.6. The molecule has 1 fully saturated rings. The zero-order chi connectivity index (χ0) is 82.3. The van der Waals surface area contributed by atoms with Gasteiger partial charge in [-0.2, -0.15) is 25.3 Å². The molecule has 13 atom stereocenters. The van der Waals surface area contributed by atoms with Crippen LogP contribution in [0.3, 0.4) is 0 Å². The van der Waals surface area contributed by atoms with Gasteiger partial charge in [0.15, 0.2) is 5.96 Å². The minimum absolute atomic E-state index is 0.00226. The lowest BCUT2D eigenvalue weighted by Crippen LogP contribution is -2.62. The number of nitrogens with zero attached hydrogens (tertiary/aromatic N) is 4. The van der Waals surface area contributed by atoms with Crippen LogP contribution < -0.4 is 92.1 Å². The van der Waals surface area contributed by atoms with Gasteiger partial charge in [0.1, 0.15) is 72.5 Å². The van der Waals surface area contributed by atoms with Gasteiger partial charge in [-0.3, -0.25) is 77.2 Å². The summed E-state index contributed by atoms with van der Waals surface area (Å²) in [6, 6.07) is -6.33. The van der Waals surface area contributed by atoms with Crippen molar-refractivity contribution in [1.29, 1.82) is 5.41 Å². The molecule has 1 saturated heterocycles. The molecule has 2 aliphatic rings. The van der Waals surface area contributed by atoms with Crippen LogP contribution in [0.15, 0.2) is 67.0 Å². The molecule has 4 heterocycles. The van der Waals surface area contributed by atoms with E-state index < -0.39 is 217 Å². The van der Waals surface area contributed by atoms with E-state index in [1.165, 1.54) is 10.9 Å². The third kappa shape index (κ3) is 28.0. The van der Waals surface area contributed by atoms with Gasteiger partial charge in [-0.15, -0.1) is 5.10 Å². The van der Waals surface area contributed by atoms with E-state index >= 15 is 4.79 Å². The quantitative estimate of drug-likeness (QED) is 0.0114. The van der Waals surface area contributed by atoms with Crippen molar-refractivity contribution < 1.29 is 92.0 Å². The molecule has 2 aliphatic heterocycles. The van der Waals surface area contributed by atoms with Crippen LogP contribution in [0.5, 0.6) is 0 Å². The lowest BCUT2D eigenvalue weighted by atomic mass is 10.0. The number of hydrogen-bond donors (Lipinski definition) is 24. The number of benzene rings is 2. The third-order valence-corrected chi connectivity index (χ3v) is 18.8. The number of aliphatic hydroxyl groups is 1. The lowest BCUT2D eigenvalue weighted by molar-refractivity contribution is -0.146. The number of H-pyrrole nitrogens is 1. The van der Waals surface area contributed by atoms with Crippen molar-refractivity contribution in [2.75, 3.05) is 37.7 Å². The smallest absolute Gasteiger partial charge is 0.326 e. The number of carbonyl (C=O) groups excluding carboxylic acids is 14. The molecular weight excluding hydrogens is 1510 g/mol. The Bertz CT molecular complexity index is 4040. The molecule has 112 heavy (non-hydrogen) atoms. The number of nitrogens with two attached hydrogens (primary N) is 4. The SMILES string of the molecule is C[C@@H](O)[C@@H]1NC(=O)[C@@H](NC(=O)[C@H](CS)NC(=O)CN)Cc2cn(nn2)CCCC(C(=O)N[C@@H](Cc2ccccc2)C(=O)O)NC(=O)[C@H](CCC(N)=O)NC(=O)[C@H](Cc2c[nH]c3ccccc23)NC(=O)[C@H](CCCNC(N)=O)NC(=O)[C@H](CS)NC(=O)[C@H](CCCNC(=N)N)NC(=O)[C@@H]2CCCN2C(=O)[C@H](CC(=O)O)NC1=O. The van der Waals surface area contributed by atoms with Gasteiger partial charge in [-0.1, -0.05) is 53.7 Å². The minimum Gasteiger partial charge on any atom is -0.481 e. The highest BCUT2D eigenvalue weighted by molar-refractivity contribution is 7.80. The van der Waals surface area contributed by atoms with Crippen LogP contribution in [0, 0.1) is 5.41 Å². The normalized spacial score (nSPS) is 22.6. The zero-order valence-corrected chi connectivity index (χ0v) is 62.9. The number of aromatic amines is 1. The number of guanidine groups is 1. The van der Waals surface area contributed by atoms with Gasteiger partial charge in [0.2, 0.25) is 76.8 Å². The molecule has 610 valence electrons. The Balaban J connectivity index is 1.47. The first-order chi connectivity index (χ1) is 53.3. The van der Waals surface area contributed by atoms with Crippen molar-refractivity contribution in [2.45, 2.75) is 182 Å². The first-order valence-corrected chi connectivity index (χ1v) is 37.1. The molecule has 2 aromatic carbocycles. The maximum absolute atomic E-state index is 15.1. The number of aromatic nitrogens is 4. The summed E-state index contributed by atoms with van der Waals surface area (Å²) < 4.78 is 1.21. The van der Waals surface area contributed by atoms with Gasteiger partial charge in [0, 0.05) is 86.7 Å². The standard InChI is InChI=1S/C68H97N23O19S2/c1-34(92)54-64(106)84-46(28-53(95)96)65(107)91-24-10-18-50(91)63(105)81-41(15-7-21-74-67(71)72)57(99)86-49(33-112)62(104)79-40(16-8-22-75-68(73)110)55(97)82-44(26-36-30-76-39-14-6-5-13-38(36)39)59(101)80-43(19-20-51(70)93)58(100)78-42(56(98)85-47(66(108)109)25-35-11-3-2-4-12-35)17-9-23-90-31-37(88-89-90)27-45(60(102)87-54)83-61(103)48(32-111)77-52(94)29-69/h2-6,11-14,30-31,34,40-50,54,76,92,111-112H,7-10,15-29,32-33,69H2,1H3,(H2,70,93)(H,77,94)(H,78,100)(H,79,104)(H,80,101)(H,81,105)(H,82,97)(H,83,103)(H,84,106)(H,85,98)(H,86,99)(H,87,102)(H,95,96)(H,108,109)(H4,71,72,74)(H3,73,75,110)/t34-,40+,41+,42?,43+,44+,45+,46+,47+,48+,49+,50+,54+/m1/s1. The van der Waals surface area contributed by atoms with Crippen LogP contribution >= 0.6 is 25.3 Å². The number of carboxylic acids is 2. The predicted molar refractivity (Wildman–Crippen MR) is 404 cm³/mol. The number of hydrogen-bond acceptors (Lipinski definition) is 23. The molecule has 2 bridgehead atoms. The number of nitrogens with one attached hydrogen (secondary N) is 15. The van der Waals surface area contributed by atoms with Crippen molar-refractivity contribution in [2.24, 2.45) is 22.9 Å². The summed E-state index contributed by atoms with van der Waals surface area (Å²) in [6.07, 6.45) is -3.55. The summed E-state index contributed by atoms with van der Waals surface area (Å²) in [5, 5.41) is 80.3. The molecule has 15 amide bonds. The summed E-state index contributed by atoms with van der Waals surface area (Å²) >= 11 is 8.49. The average Bonchev–Trinajstić information content (AvgIpc) is 1.61. The first kappa shape index (κ1) is 89.2. The van der Waals surface area contributed by atoms with E-state index in [2.05, 4.69) is 110 Å². The topological polar surface area (TPSA) is 668 Å². The van der Waals surface area contributed by atoms with Crippen molar-refractivity contribution in [3.05, 3.63) is 83.8 Å². The van der Waals surface area contributed by atoms with Crippen molar-refractivity contribution in [3.63, 3.8) is 0 Å². The number of aryl methyl sites for hydroxylation is 1. The number of para-hydroxylation sites is 1. The fraction of sp³-hybridized carbons (Fsp3) is 0.515. The number of thiol groups is 2. The van der Waals surface area contributed by atoms with Gasteiger partial charge < -0.3 is 117 Å². The van der Waals surface area contributed by atoms with Crippen molar-refractivity contribution in [1.82, 2.24) is 94.0 Å². The van der Waals surface area contributed by atoms with Crippen LogP contribution in [0.4, 0.5) is 4.79 Å². The van der Waals surface area contributed by atoms with E-state index in [1.807, 2.05) is 0 Å². The average molecular weight is 1600 g/mol. The number of carboxylic acid groups (broad SMARTS) is 2. The number of carbonyl (C=O) groups is 16. The lowest BCUT2D eigenvalue weighted by Gasteiger charge is -2.31. The number of primary amides is 2. The van der Waals surface area contributed by atoms with E-state index in [1.54, 1.807) is 60.8 Å². The monoisotopic (exact) mass is 1600 g/mol. The van der Waals surface area contributed by atoms with Crippen LogP contribution in [0.1, 0.15) is 94.4 Å². The molecule has 0 radical (unpaired) electrons. The Morgan fingerprint density at radius 2 is 1.26 bits per heavy atom. The zero-order valence-electron chi connectivity index (χ0n) is 61.1. The summed E-state index contributed by atoms with van der Waals surface area (Å²) in [4.78, 5) is 227. The van der Waals surface area contributed by atoms with Gasteiger partial charge in [0.05, 0.1) is 24.8 Å². The number of aliphatic hydroxyl groups excluding tert-OH is 1. The van der Waals surface area contributed by atoms with Gasteiger partial charge in [0.25, 0.3) is 0 Å². The van der Waals surface area contributed by atoms with Crippen LogP contribution in [-0.4, -0.2) is 257 Å². The molecule has 0 spiro atoms. The molecule has 42 nitrogen and oxygen atoms in total. The van der Waals surface area contributed by atoms with E-state index in [-0.39, 0.29) is 102 Å². The molecule has 6 rings (SSSR count). The molecule has 1 unspecified atom stereocenters. The molecule has 44 heteroatoms. The molecule has 0 saturated carbocycles.